The molecule has 0 radical (unpaired) electrons. The van der Waals surface area contributed by atoms with E-state index in [9.17, 15) is 0 Å². The largest absolute Gasteiger partial charge is 0.388 e. The van der Waals surface area contributed by atoms with Crippen LogP contribution in [-0.4, -0.2) is 22.0 Å². The van der Waals surface area contributed by atoms with Crippen molar-refractivity contribution < 1.29 is 0 Å². The first-order valence-electron chi connectivity index (χ1n) is 5.64. The lowest BCUT2D eigenvalue weighted by molar-refractivity contribution is 0.887. The number of anilines is 1. The van der Waals surface area contributed by atoms with E-state index < -0.39 is 0 Å². The molecule has 0 saturated heterocycles. The average molecular weight is 293 g/mol. The van der Waals surface area contributed by atoms with E-state index in [1.165, 1.54) is 0 Å². The second kappa shape index (κ2) is 5.95. The third kappa shape index (κ3) is 3.39. The van der Waals surface area contributed by atoms with Crippen molar-refractivity contribution in [3.63, 3.8) is 0 Å². The second-order valence-electron chi connectivity index (χ2n) is 4.08. The Bertz CT molecular complexity index is 603. The maximum atomic E-state index is 5.97. The first-order chi connectivity index (χ1) is 9.08. The standard InChI is InChI=1S/C13H13ClN4S/c1-18(8-9-3-2-4-10(14)7-9)13-11(12(15)19)16-5-6-17-13/h2-7H,8H2,1H3,(H2,15,19). The molecule has 0 fully saturated rings. The molecule has 0 unspecified atom stereocenters. The highest BCUT2D eigenvalue weighted by Gasteiger charge is 2.12. The van der Waals surface area contributed by atoms with Crippen molar-refractivity contribution in [3.8, 4) is 0 Å². The van der Waals surface area contributed by atoms with E-state index in [2.05, 4.69) is 9.97 Å². The van der Waals surface area contributed by atoms with Crippen LogP contribution < -0.4 is 10.6 Å². The fourth-order valence-corrected chi connectivity index (χ4v) is 2.12. The molecule has 1 aromatic heterocycles. The highest BCUT2D eigenvalue weighted by molar-refractivity contribution is 7.80. The van der Waals surface area contributed by atoms with Crippen LogP contribution in [0.15, 0.2) is 36.7 Å². The molecular formula is C13H13ClN4S. The summed E-state index contributed by atoms with van der Waals surface area (Å²) < 4.78 is 0. The van der Waals surface area contributed by atoms with Crippen molar-refractivity contribution in [1.82, 2.24) is 9.97 Å². The van der Waals surface area contributed by atoms with Gasteiger partial charge in [0.05, 0.1) is 0 Å². The Kier molecular flexibility index (Phi) is 4.29. The Morgan fingerprint density at radius 1 is 1.37 bits per heavy atom. The van der Waals surface area contributed by atoms with Gasteiger partial charge >= 0.3 is 0 Å². The molecule has 2 N–H and O–H groups in total. The van der Waals surface area contributed by atoms with Gasteiger partial charge in [0.2, 0.25) is 0 Å². The van der Waals surface area contributed by atoms with Crippen LogP contribution in [0.5, 0.6) is 0 Å². The summed E-state index contributed by atoms with van der Waals surface area (Å²) in [7, 11) is 1.91. The van der Waals surface area contributed by atoms with Crippen molar-refractivity contribution >= 4 is 34.6 Å². The molecule has 0 saturated carbocycles. The zero-order valence-corrected chi connectivity index (χ0v) is 11.9. The number of aromatic nitrogens is 2. The van der Waals surface area contributed by atoms with E-state index in [1.54, 1.807) is 12.4 Å². The fraction of sp³-hybridized carbons (Fsp3) is 0.154. The first kappa shape index (κ1) is 13.7. The van der Waals surface area contributed by atoms with E-state index >= 15 is 0 Å². The van der Waals surface area contributed by atoms with E-state index in [1.807, 2.05) is 36.2 Å². The first-order valence-corrected chi connectivity index (χ1v) is 6.43. The van der Waals surface area contributed by atoms with Gasteiger partial charge in [-0.3, -0.25) is 0 Å². The lowest BCUT2D eigenvalue weighted by atomic mass is 10.2. The summed E-state index contributed by atoms with van der Waals surface area (Å²) >= 11 is 11.0. The summed E-state index contributed by atoms with van der Waals surface area (Å²) in [4.78, 5) is 10.6. The van der Waals surface area contributed by atoms with Crippen LogP contribution in [0.4, 0.5) is 5.82 Å². The molecule has 0 aliphatic carbocycles. The average Bonchev–Trinajstić information content (AvgIpc) is 2.38. The summed E-state index contributed by atoms with van der Waals surface area (Å²) in [6.07, 6.45) is 3.19. The lowest BCUT2D eigenvalue weighted by Gasteiger charge is -2.20. The Morgan fingerprint density at radius 3 is 2.79 bits per heavy atom. The molecule has 19 heavy (non-hydrogen) atoms. The molecule has 2 aromatic rings. The topological polar surface area (TPSA) is 55.0 Å². The van der Waals surface area contributed by atoms with Crippen LogP contribution in [0, 0.1) is 0 Å². The normalized spacial score (nSPS) is 10.2. The highest BCUT2D eigenvalue weighted by Crippen LogP contribution is 2.18. The van der Waals surface area contributed by atoms with Crippen molar-refractivity contribution in [2.75, 3.05) is 11.9 Å². The number of hydrogen-bond acceptors (Lipinski definition) is 4. The van der Waals surface area contributed by atoms with Crippen LogP contribution >= 0.6 is 23.8 Å². The van der Waals surface area contributed by atoms with Gasteiger partial charge in [-0.1, -0.05) is 36.0 Å². The fourth-order valence-electron chi connectivity index (χ4n) is 1.77. The Balaban J connectivity index is 2.25. The van der Waals surface area contributed by atoms with Gasteiger partial charge in [-0.2, -0.15) is 0 Å². The van der Waals surface area contributed by atoms with Gasteiger partial charge in [-0.15, -0.1) is 0 Å². The van der Waals surface area contributed by atoms with Crippen LogP contribution in [0.25, 0.3) is 0 Å². The molecule has 0 aliphatic rings. The SMILES string of the molecule is CN(Cc1cccc(Cl)c1)c1nccnc1C(N)=S. The van der Waals surface area contributed by atoms with E-state index in [0.29, 0.717) is 23.1 Å². The summed E-state index contributed by atoms with van der Waals surface area (Å²) in [5.41, 5.74) is 7.26. The molecule has 98 valence electrons. The second-order valence-corrected chi connectivity index (χ2v) is 4.96. The Morgan fingerprint density at radius 2 is 2.11 bits per heavy atom. The predicted molar refractivity (Wildman–Crippen MR) is 81.5 cm³/mol. The number of rotatable bonds is 4. The molecule has 1 heterocycles. The highest BCUT2D eigenvalue weighted by atomic mass is 35.5. The van der Waals surface area contributed by atoms with Crippen molar-refractivity contribution in [1.29, 1.82) is 0 Å². The molecule has 0 spiro atoms. The Labute approximate surface area is 122 Å². The van der Waals surface area contributed by atoms with Gasteiger partial charge in [0.15, 0.2) is 5.82 Å². The number of benzene rings is 1. The molecular weight excluding hydrogens is 280 g/mol. The predicted octanol–water partition coefficient (Wildman–Crippen LogP) is 2.40. The summed E-state index contributed by atoms with van der Waals surface area (Å²) in [5, 5.41) is 0.708. The van der Waals surface area contributed by atoms with Gasteiger partial charge in [-0.25, -0.2) is 9.97 Å². The molecule has 6 heteroatoms. The maximum absolute atomic E-state index is 5.97. The smallest absolute Gasteiger partial charge is 0.157 e. The van der Waals surface area contributed by atoms with Crippen LogP contribution in [-0.2, 0) is 6.54 Å². The van der Waals surface area contributed by atoms with Crippen LogP contribution in [0.2, 0.25) is 5.02 Å². The zero-order chi connectivity index (χ0) is 13.8. The molecule has 4 nitrogen and oxygen atoms in total. The third-order valence-electron chi connectivity index (χ3n) is 2.58. The monoisotopic (exact) mass is 292 g/mol. The van der Waals surface area contributed by atoms with Gasteiger partial charge < -0.3 is 10.6 Å². The third-order valence-corrected chi connectivity index (χ3v) is 3.01. The summed E-state index contributed by atoms with van der Waals surface area (Å²) in [6.45, 7) is 0.648. The minimum absolute atomic E-state index is 0.237. The molecule has 0 amide bonds. The minimum Gasteiger partial charge on any atom is -0.388 e. The van der Waals surface area contributed by atoms with Crippen LogP contribution in [0.1, 0.15) is 11.3 Å². The zero-order valence-electron chi connectivity index (χ0n) is 10.4. The van der Waals surface area contributed by atoms with Gasteiger partial charge in [-0.05, 0) is 17.7 Å². The van der Waals surface area contributed by atoms with Crippen molar-refractivity contribution in [3.05, 3.63) is 52.9 Å². The van der Waals surface area contributed by atoms with Gasteiger partial charge in [0, 0.05) is 31.0 Å². The molecule has 0 atom stereocenters. The quantitative estimate of drug-likeness (QED) is 0.877. The minimum atomic E-state index is 0.237. The summed E-state index contributed by atoms with van der Waals surface area (Å²) in [6, 6.07) is 7.67. The number of thiocarbonyl (C=S) groups is 1. The molecule has 1 aromatic carbocycles. The van der Waals surface area contributed by atoms with Crippen LogP contribution in [0.3, 0.4) is 0 Å². The number of hydrogen-bond donors (Lipinski definition) is 1. The number of halogens is 1. The number of nitrogens with two attached hydrogens (primary N) is 1. The number of nitrogens with zero attached hydrogens (tertiary/aromatic N) is 3. The van der Waals surface area contributed by atoms with E-state index in [0.717, 1.165) is 5.56 Å². The van der Waals surface area contributed by atoms with E-state index in [4.69, 9.17) is 29.6 Å². The lowest BCUT2D eigenvalue weighted by Crippen LogP contribution is -2.23. The molecule has 0 bridgehead atoms. The summed E-state index contributed by atoms with van der Waals surface area (Å²) in [5.74, 6) is 0.662. The van der Waals surface area contributed by atoms with E-state index in [-0.39, 0.29) is 4.99 Å². The maximum Gasteiger partial charge on any atom is 0.157 e. The van der Waals surface area contributed by atoms with Gasteiger partial charge in [0.25, 0.3) is 0 Å². The van der Waals surface area contributed by atoms with Crippen molar-refractivity contribution in [2.24, 2.45) is 5.73 Å². The molecule has 2 rings (SSSR count). The van der Waals surface area contributed by atoms with Crippen molar-refractivity contribution in [2.45, 2.75) is 6.54 Å². The molecule has 0 aliphatic heterocycles. The Hall–Kier alpha value is -1.72. The van der Waals surface area contributed by atoms with Gasteiger partial charge in [0.1, 0.15) is 10.7 Å².